The van der Waals surface area contributed by atoms with Gasteiger partial charge in [-0.25, -0.2) is 14.5 Å². The fourth-order valence-electron chi connectivity index (χ4n) is 1.95. The van der Waals surface area contributed by atoms with Gasteiger partial charge in [0, 0.05) is 16.2 Å². The van der Waals surface area contributed by atoms with Gasteiger partial charge in [0.25, 0.3) is 0 Å². The Morgan fingerprint density at radius 2 is 1.76 bits per heavy atom. The number of hydrogen-bond donors (Lipinski definition) is 1. The van der Waals surface area contributed by atoms with Crippen LogP contribution < -0.4 is 0 Å². The Kier molecular flexibility index (Phi) is 3.49. The standard InChI is InChI=1S/C13H6Cl3N3O2/c14-6-1-7(15)3-8(2-6)19-12-9(5-18-19)11(16)10(4-17-12)13(20)21/h1-5H,(H,20,21). The maximum Gasteiger partial charge on any atom is 0.338 e. The van der Waals surface area contributed by atoms with E-state index in [2.05, 4.69) is 10.1 Å². The lowest BCUT2D eigenvalue weighted by atomic mass is 10.2. The second-order valence-corrected chi connectivity index (χ2v) is 5.46. The quantitative estimate of drug-likeness (QED) is 0.762. The van der Waals surface area contributed by atoms with E-state index in [1.807, 2.05) is 0 Å². The van der Waals surface area contributed by atoms with Crippen molar-refractivity contribution in [3.63, 3.8) is 0 Å². The van der Waals surface area contributed by atoms with Crippen LogP contribution in [0.2, 0.25) is 15.1 Å². The summed E-state index contributed by atoms with van der Waals surface area (Å²) in [7, 11) is 0. The molecule has 0 amide bonds. The molecule has 0 saturated carbocycles. The van der Waals surface area contributed by atoms with Gasteiger partial charge in [0.2, 0.25) is 0 Å². The molecule has 0 aliphatic carbocycles. The number of aromatic carboxylic acids is 1. The van der Waals surface area contributed by atoms with Gasteiger partial charge in [-0.1, -0.05) is 34.8 Å². The van der Waals surface area contributed by atoms with Crippen LogP contribution in [0.4, 0.5) is 0 Å². The van der Waals surface area contributed by atoms with E-state index in [1.165, 1.54) is 17.1 Å². The van der Waals surface area contributed by atoms with Crippen LogP contribution in [0.3, 0.4) is 0 Å². The van der Waals surface area contributed by atoms with E-state index < -0.39 is 5.97 Å². The molecule has 5 nitrogen and oxygen atoms in total. The van der Waals surface area contributed by atoms with Gasteiger partial charge in [0.15, 0.2) is 5.65 Å². The predicted octanol–water partition coefficient (Wildman–Crippen LogP) is 4.08. The monoisotopic (exact) mass is 341 g/mol. The first-order valence-electron chi connectivity index (χ1n) is 5.69. The van der Waals surface area contributed by atoms with Crippen LogP contribution in [0, 0.1) is 0 Å². The van der Waals surface area contributed by atoms with Crippen LogP contribution >= 0.6 is 34.8 Å². The fraction of sp³-hybridized carbons (Fsp3) is 0. The van der Waals surface area contributed by atoms with Crippen molar-refractivity contribution >= 4 is 51.8 Å². The van der Waals surface area contributed by atoms with E-state index in [0.29, 0.717) is 26.8 Å². The van der Waals surface area contributed by atoms with Crippen molar-refractivity contribution in [1.29, 1.82) is 0 Å². The van der Waals surface area contributed by atoms with Crippen molar-refractivity contribution in [2.45, 2.75) is 0 Å². The van der Waals surface area contributed by atoms with Gasteiger partial charge in [-0.05, 0) is 18.2 Å². The van der Waals surface area contributed by atoms with Gasteiger partial charge in [-0.2, -0.15) is 5.10 Å². The topological polar surface area (TPSA) is 68.0 Å². The van der Waals surface area contributed by atoms with E-state index in [-0.39, 0.29) is 10.6 Å². The molecule has 0 unspecified atom stereocenters. The molecule has 3 aromatic rings. The Hall–Kier alpha value is -1.82. The second-order valence-electron chi connectivity index (χ2n) is 4.21. The molecule has 2 heterocycles. The number of halogens is 3. The van der Waals surface area contributed by atoms with Crippen LogP contribution in [-0.4, -0.2) is 25.8 Å². The smallest absolute Gasteiger partial charge is 0.338 e. The zero-order chi connectivity index (χ0) is 15.1. The zero-order valence-corrected chi connectivity index (χ0v) is 12.5. The maximum atomic E-state index is 11.0. The van der Waals surface area contributed by atoms with Crippen molar-refractivity contribution in [1.82, 2.24) is 14.8 Å². The minimum absolute atomic E-state index is 0.0761. The van der Waals surface area contributed by atoms with E-state index >= 15 is 0 Å². The lowest BCUT2D eigenvalue weighted by molar-refractivity contribution is 0.0697. The highest BCUT2D eigenvalue weighted by Crippen LogP contribution is 2.28. The highest BCUT2D eigenvalue weighted by molar-refractivity contribution is 6.38. The molecule has 21 heavy (non-hydrogen) atoms. The summed E-state index contributed by atoms with van der Waals surface area (Å²) in [5, 5.41) is 14.6. The first kappa shape index (κ1) is 14.1. The number of aromatic nitrogens is 3. The Bertz CT molecular complexity index is 856. The van der Waals surface area contributed by atoms with Crippen LogP contribution in [0.1, 0.15) is 10.4 Å². The van der Waals surface area contributed by atoms with Gasteiger partial charge in [-0.15, -0.1) is 0 Å². The normalized spacial score (nSPS) is 11.0. The van der Waals surface area contributed by atoms with Crippen LogP contribution in [0.25, 0.3) is 16.7 Å². The number of carboxylic acids is 1. The van der Waals surface area contributed by atoms with E-state index in [9.17, 15) is 4.79 Å². The Labute approximate surface area is 133 Å². The third-order valence-corrected chi connectivity index (χ3v) is 3.70. The minimum Gasteiger partial charge on any atom is -0.478 e. The third-order valence-electron chi connectivity index (χ3n) is 2.85. The summed E-state index contributed by atoms with van der Waals surface area (Å²) in [4.78, 5) is 15.2. The maximum absolute atomic E-state index is 11.0. The van der Waals surface area contributed by atoms with Gasteiger partial charge < -0.3 is 5.11 Å². The molecule has 0 saturated heterocycles. The van der Waals surface area contributed by atoms with Crippen LogP contribution in [0.15, 0.2) is 30.6 Å². The van der Waals surface area contributed by atoms with Crippen LogP contribution in [-0.2, 0) is 0 Å². The predicted molar refractivity (Wildman–Crippen MR) is 80.9 cm³/mol. The number of fused-ring (bicyclic) bond motifs is 1. The number of rotatable bonds is 2. The molecule has 0 fully saturated rings. The number of hydrogen-bond acceptors (Lipinski definition) is 3. The third kappa shape index (κ3) is 2.44. The molecule has 3 rings (SSSR count). The summed E-state index contributed by atoms with van der Waals surface area (Å²) >= 11 is 18.0. The molecular formula is C13H6Cl3N3O2. The number of benzene rings is 1. The minimum atomic E-state index is -1.15. The van der Waals surface area contributed by atoms with Gasteiger partial charge in [0.1, 0.15) is 0 Å². The van der Waals surface area contributed by atoms with Gasteiger partial charge in [-0.3, -0.25) is 0 Å². The summed E-state index contributed by atoms with van der Waals surface area (Å²) in [5.74, 6) is -1.15. The number of carboxylic acid groups (broad SMARTS) is 1. The highest BCUT2D eigenvalue weighted by Gasteiger charge is 2.16. The summed E-state index contributed by atoms with van der Waals surface area (Å²) in [6.45, 7) is 0. The van der Waals surface area contributed by atoms with Gasteiger partial charge in [0.05, 0.1) is 27.9 Å². The average molecular weight is 343 g/mol. The second kappa shape index (κ2) is 5.18. The largest absolute Gasteiger partial charge is 0.478 e. The van der Waals surface area contributed by atoms with Crippen molar-refractivity contribution in [3.05, 3.63) is 51.2 Å². The molecule has 0 spiro atoms. The highest BCUT2D eigenvalue weighted by atomic mass is 35.5. The van der Waals surface area contributed by atoms with Gasteiger partial charge >= 0.3 is 5.97 Å². The molecule has 0 aliphatic rings. The van der Waals surface area contributed by atoms with Crippen molar-refractivity contribution in [3.8, 4) is 5.69 Å². The van der Waals surface area contributed by atoms with Crippen molar-refractivity contribution < 1.29 is 9.90 Å². The molecule has 1 N–H and O–H groups in total. The fourth-order valence-corrected chi connectivity index (χ4v) is 2.73. The molecule has 106 valence electrons. The van der Waals surface area contributed by atoms with E-state index in [4.69, 9.17) is 39.9 Å². The lowest BCUT2D eigenvalue weighted by Gasteiger charge is -2.05. The zero-order valence-electron chi connectivity index (χ0n) is 10.2. The van der Waals surface area contributed by atoms with Crippen molar-refractivity contribution in [2.24, 2.45) is 0 Å². The summed E-state index contributed by atoms with van der Waals surface area (Å²) < 4.78 is 1.49. The molecule has 0 bridgehead atoms. The molecule has 0 aliphatic heterocycles. The average Bonchev–Trinajstić information content (AvgIpc) is 2.82. The summed E-state index contributed by atoms with van der Waals surface area (Å²) in [6.07, 6.45) is 2.64. The first-order valence-corrected chi connectivity index (χ1v) is 6.83. The Morgan fingerprint density at radius 1 is 1.10 bits per heavy atom. The lowest BCUT2D eigenvalue weighted by Crippen LogP contribution is -2.01. The van der Waals surface area contributed by atoms with E-state index in [0.717, 1.165) is 0 Å². The molecule has 0 atom stereocenters. The first-order chi connectivity index (χ1) is 9.97. The number of pyridine rings is 1. The van der Waals surface area contributed by atoms with Crippen molar-refractivity contribution in [2.75, 3.05) is 0 Å². The molecular weight excluding hydrogens is 337 g/mol. The summed E-state index contributed by atoms with van der Waals surface area (Å²) in [6, 6.07) is 4.93. The number of nitrogens with zero attached hydrogens (tertiary/aromatic N) is 3. The molecule has 1 aromatic carbocycles. The Morgan fingerprint density at radius 3 is 2.38 bits per heavy atom. The molecule has 2 aromatic heterocycles. The van der Waals surface area contributed by atoms with Crippen LogP contribution in [0.5, 0.6) is 0 Å². The summed E-state index contributed by atoms with van der Waals surface area (Å²) in [5.41, 5.74) is 0.949. The SMILES string of the molecule is O=C(O)c1cnc2c(cnn2-c2cc(Cl)cc(Cl)c2)c1Cl. The molecule has 8 heteroatoms. The number of carbonyl (C=O) groups is 1. The van der Waals surface area contributed by atoms with E-state index in [1.54, 1.807) is 18.2 Å². The molecule has 0 radical (unpaired) electrons. The Balaban J connectivity index is 2.26.